The maximum Gasteiger partial charge on any atom is 0.180 e. The van der Waals surface area contributed by atoms with Crippen LogP contribution in [0.2, 0.25) is 0 Å². The van der Waals surface area contributed by atoms with Gasteiger partial charge in [0.05, 0.1) is 5.69 Å². The van der Waals surface area contributed by atoms with E-state index in [0.29, 0.717) is 5.13 Å². The van der Waals surface area contributed by atoms with Crippen LogP contribution < -0.4 is 11.1 Å². The Morgan fingerprint density at radius 2 is 2.09 bits per heavy atom. The predicted molar refractivity (Wildman–Crippen MR) is 96.7 cm³/mol. The second-order valence-electron chi connectivity index (χ2n) is 6.10. The summed E-state index contributed by atoms with van der Waals surface area (Å²) in [4.78, 5) is 7.37. The third kappa shape index (κ3) is 4.54. The fraction of sp³-hybridized carbons (Fsp3) is 0.588. The largest absolute Gasteiger partial charge is 0.375 e. The van der Waals surface area contributed by atoms with Crippen LogP contribution in [0.25, 0.3) is 0 Å². The first-order valence-electron chi connectivity index (χ1n) is 8.30. The number of hydrogen-bond donors (Lipinski definition) is 2. The van der Waals surface area contributed by atoms with Gasteiger partial charge in [-0.1, -0.05) is 19.3 Å². The van der Waals surface area contributed by atoms with Crippen molar-refractivity contribution in [3.63, 3.8) is 0 Å². The highest BCUT2D eigenvalue weighted by atomic mass is 32.1. The van der Waals surface area contributed by atoms with Crippen molar-refractivity contribution >= 4 is 27.8 Å². The number of nitrogen functional groups attached to an aromatic ring is 1. The van der Waals surface area contributed by atoms with Crippen molar-refractivity contribution in [3.8, 4) is 0 Å². The van der Waals surface area contributed by atoms with E-state index in [9.17, 15) is 0 Å². The minimum absolute atomic E-state index is 0.678. The zero-order valence-corrected chi connectivity index (χ0v) is 14.6. The number of nitrogens with one attached hydrogen (secondary N) is 1. The molecule has 0 aliphatic heterocycles. The fourth-order valence-electron chi connectivity index (χ4n) is 3.14. The lowest BCUT2D eigenvalue weighted by Gasteiger charge is -2.19. The smallest absolute Gasteiger partial charge is 0.180 e. The number of thiophene rings is 1. The predicted octanol–water partition coefficient (Wildman–Crippen LogP) is 4.56. The molecule has 0 radical (unpaired) electrons. The molecule has 3 N–H and O–H groups in total. The summed E-state index contributed by atoms with van der Waals surface area (Å²) in [6.07, 6.45) is 9.17. The first-order chi connectivity index (χ1) is 10.8. The van der Waals surface area contributed by atoms with Crippen LogP contribution in [0.1, 0.15) is 59.9 Å². The van der Waals surface area contributed by atoms with E-state index in [1.54, 1.807) is 4.88 Å². The Labute approximate surface area is 141 Å². The number of hydrogen-bond acceptors (Lipinski definition) is 5. The minimum Gasteiger partial charge on any atom is -0.375 e. The molecule has 0 spiro atoms. The van der Waals surface area contributed by atoms with E-state index in [4.69, 9.17) is 5.73 Å². The Morgan fingerprint density at radius 1 is 1.23 bits per heavy atom. The number of nitrogens with zero attached hydrogens (tertiary/aromatic N) is 1. The molecule has 5 heteroatoms. The molecule has 2 aromatic heterocycles. The zero-order chi connectivity index (χ0) is 15.2. The van der Waals surface area contributed by atoms with Crippen molar-refractivity contribution in [2.45, 2.75) is 57.4 Å². The van der Waals surface area contributed by atoms with E-state index in [1.807, 2.05) is 11.3 Å². The van der Waals surface area contributed by atoms with Gasteiger partial charge in [0.1, 0.15) is 0 Å². The van der Waals surface area contributed by atoms with Crippen molar-refractivity contribution in [3.05, 3.63) is 33.0 Å². The summed E-state index contributed by atoms with van der Waals surface area (Å²) in [7, 11) is 0. The summed E-state index contributed by atoms with van der Waals surface area (Å²) in [5, 5.41) is 6.29. The molecule has 0 aromatic carbocycles. The van der Waals surface area contributed by atoms with E-state index in [2.05, 4.69) is 27.8 Å². The van der Waals surface area contributed by atoms with Gasteiger partial charge in [-0.05, 0) is 50.3 Å². The van der Waals surface area contributed by atoms with Gasteiger partial charge in [-0.25, -0.2) is 4.98 Å². The standard InChI is InChI=1S/C17H25N3S2/c18-17-20-14(12-21-17)7-4-10-19-11-15-8-9-16(22-15)13-5-2-1-3-6-13/h8-9,12-13,19H,1-7,10-11H2,(H2,18,20). The summed E-state index contributed by atoms with van der Waals surface area (Å²) < 4.78 is 0. The highest BCUT2D eigenvalue weighted by molar-refractivity contribution is 7.13. The maximum absolute atomic E-state index is 5.64. The van der Waals surface area contributed by atoms with Gasteiger partial charge in [0.2, 0.25) is 0 Å². The summed E-state index contributed by atoms with van der Waals surface area (Å²) in [6, 6.07) is 4.67. The van der Waals surface area contributed by atoms with Crippen molar-refractivity contribution in [1.29, 1.82) is 0 Å². The first kappa shape index (κ1) is 16.0. The van der Waals surface area contributed by atoms with Gasteiger partial charge in [-0.2, -0.15) is 0 Å². The molecule has 1 fully saturated rings. The van der Waals surface area contributed by atoms with Gasteiger partial charge in [0.15, 0.2) is 5.13 Å². The monoisotopic (exact) mass is 335 g/mol. The van der Waals surface area contributed by atoms with E-state index in [1.165, 1.54) is 48.3 Å². The van der Waals surface area contributed by atoms with Gasteiger partial charge < -0.3 is 11.1 Å². The maximum atomic E-state index is 5.64. The number of rotatable bonds is 7. The molecule has 3 nitrogen and oxygen atoms in total. The summed E-state index contributed by atoms with van der Waals surface area (Å²) in [6.45, 7) is 2.03. The van der Waals surface area contributed by atoms with Crippen LogP contribution in [0, 0.1) is 0 Å². The molecule has 3 rings (SSSR count). The van der Waals surface area contributed by atoms with Gasteiger partial charge >= 0.3 is 0 Å². The Balaban J connectivity index is 1.36. The molecule has 0 amide bonds. The van der Waals surface area contributed by atoms with E-state index < -0.39 is 0 Å². The molecule has 0 bridgehead atoms. The van der Waals surface area contributed by atoms with Crippen LogP contribution in [0.5, 0.6) is 0 Å². The van der Waals surface area contributed by atoms with Gasteiger partial charge in [0, 0.05) is 21.7 Å². The zero-order valence-electron chi connectivity index (χ0n) is 13.0. The van der Waals surface area contributed by atoms with Crippen molar-refractivity contribution in [2.75, 3.05) is 12.3 Å². The number of anilines is 1. The highest BCUT2D eigenvalue weighted by Gasteiger charge is 2.16. The Bertz CT molecular complexity index is 570. The third-order valence-electron chi connectivity index (χ3n) is 4.35. The molecule has 120 valence electrons. The minimum atomic E-state index is 0.678. The average molecular weight is 336 g/mol. The lowest BCUT2D eigenvalue weighted by molar-refractivity contribution is 0.448. The topological polar surface area (TPSA) is 50.9 Å². The van der Waals surface area contributed by atoms with Crippen LogP contribution in [-0.4, -0.2) is 11.5 Å². The van der Waals surface area contributed by atoms with E-state index in [0.717, 1.165) is 37.5 Å². The average Bonchev–Trinajstić information content (AvgIpc) is 3.17. The summed E-state index contributed by atoms with van der Waals surface area (Å²) in [5.41, 5.74) is 6.77. The number of aromatic nitrogens is 1. The molecule has 2 aromatic rings. The summed E-state index contributed by atoms with van der Waals surface area (Å²) in [5.74, 6) is 0.836. The van der Waals surface area contributed by atoms with E-state index >= 15 is 0 Å². The molecule has 22 heavy (non-hydrogen) atoms. The molecule has 0 saturated heterocycles. The van der Waals surface area contributed by atoms with Crippen molar-refractivity contribution in [1.82, 2.24) is 10.3 Å². The Kier molecular flexibility index (Phi) is 5.87. The number of thiazole rings is 1. The molecular weight excluding hydrogens is 310 g/mol. The van der Waals surface area contributed by atoms with Crippen molar-refractivity contribution in [2.24, 2.45) is 0 Å². The van der Waals surface area contributed by atoms with E-state index in [-0.39, 0.29) is 0 Å². The summed E-state index contributed by atoms with van der Waals surface area (Å²) >= 11 is 3.54. The van der Waals surface area contributed by atoms with Crippen molar-refractivity contribution < 1.29 is 0 Å². The Hall–Kier alpha value is -0.910. The quantitative estimate of drug-likeness (QED) is 0.729. The molecule has 1 aliphatic rings. The van der Waals surface area contributed by atoms with Gasteiger partial charge in [-0.3, -0.25) is 0 Å². The fourth-order valence-corrected chi connectivity index (χ4v) is 4.89. The highest BCUT2D eigenvalue weighted by Crippen LogP contribution is 2.36. The molecule has 0 unspecified atom stereocenters. The molecule has 0 atom stereocenters. The molecule has 1 aliphatic carbocycles. The van der Waals surface area contributed by atoms with Crippen LogP contribution >= 0.6 is 22.7 Å². The van der Waals surface area contributed by atoms with Crippen LogP contribution in [-0.2, 0) is 13.0 Å². The second-order valence-corrected chi connectivity index (χ2v) is 8.19. The van der Waals surface area contributed by atoms with Crippen LogP contribution in [0.4, 0.5) is 5.13 Å². The Morgan fingerprint density at radius 3 is 2.86 bits per heavy atom. The van der Waals surface area contributed by atoms with Crippen LogP contribution in [0.15, 0.2) is 17.5 Å². The lowest BCUT2D eigenvalue weighted by Crippen LogP contribution is -2.14. The third-order valence-corrected chi connectivity index (χ3v) is 6.32. The number of aryl methyl sites for hydroxylation is 1. The second kappa shape index (κ2) is 8.09. The molecule has 1 saturated carbocycles. The van der Waals surface area contributed by atoms with Gasteiger partial charge in [-0.15, -0.1) is 22.7 Å². The SMILES string of the molecule is Nc1nc(CCCNCc2ccc(C3CCCCC3)s2)cs1. The number of nitrogens with two attached hydrogens (primary N) is 1. The lowest BCUT2D eigenvalue weighted by atomic mass is 9.88. The first-order valence-corrected chi connectivity index (χ1v) is 10.00. The molecule has 2 heterocycles. The molecular formula is C17H25N3S2. The normalized spacial score (nSPS) is 16.2. The van der Waals surface area contributed by atoms with Crippen LogP contribution in [0.3, 0.4) is 0 Å². The van der Waals surface area contributed by atoms with Gasteiger partial charge in [0.25, 0.3) is 0 Å².